The minimum atomic E-state index is -0.636. The quantitative estimate of drug-likeness (QED) is 0.524. The Balaban J connectivity index is 3.06. The van der Waals surface area contributed by atoms with Gasteiger partial charge in [-0.3, -0.25) is 4.79 Å². The van der Waals surface area contributed by atoms with Crippen molar-refractivity contribution in [1.29, 1.82) is 0 Å². The Bertz CT molecular complexity index is 340. The lowest BCUT2D eigenvalue weighted by Gasteiger charge is -1.99. The highest BCUT2D eigenvalue weighted by Gasteiger charge is 2.01. The van der Waals surface area contributed by atoms with Crippen LogP contribution in [0.1, 0.15) is 5.56 Å². The second-order valence-electron chi connectivity index (χ2n) is 2.48. The van der Waals surface area contributed by atoms with Crippen LogP contribution in [0.3, 0.4) is 0 Å². The van der Waals surface area contributed by atoms with Gasteiger partial charge in [-0.05, 0) is 18.2 Å². The average Bonchev–Trinajstić information content (AvgIpc) is 2.03. The molecule has 0 heterocycles. The zero-order valence-electron chi connectivity index (χ0n) is 6.83. The molecule has 0 unspecified atom stereocenters. The Morgan fingerprint density at radius 2 is 2.15 bits per heavy atom. The van der Waals surface area contributed by atoms with Gasteiger partial charge in [-0.1, -0.05) is 6.07 Å². The van der Waals surface area contributed by atoms with Crippen LogP contribution in [-0.2, 0) is 4.79 Å². The van der Waals surface area contributed by atoms with Crippen LogP contribution in [0.2, 0.25) is 0 Å². The Hall–Kier alpha value is -1.84. The molecule has 0 bridgehead atoms. The molecule has 0 spiro atoms. The molecule has 13 heavy (non-hydrogen) atoms. The summed E-state index contributed by atoms with van der Waals surface area (Å²) in [5.41, 5.74) is 10.8. The highest BCUT2D eigenvalue weighted by Crippen LogP contribution is 2.16. The smallest absolute Gasteiger partial charge is 0.241 e. The molecule has 1 amide bonds. The second kappa shape index (κ2) is 3.71. The summed E-state index contributed by atoms with van der Waals surface area (Å²) in [4.78, 5) is 10.4. The number of anilines is 1. The van der Waals surface area contributed by atoms with E-state index >= 15 is 0 Å². The van der Waals surface area contributed by atoms with E-state index in [1.54, 1.807) is 6.07 Å². The summed E-state index contributed by atoms with van der Waals surface area (Å²) in [6.07, 6.45) is 2.32. The summed E-state index contributed by atoms with van der Waals surface area (Å²) >= 11 is 0. The van der Waals surface area contributed by atoms with E-state index in [2.05, 4.69) is 0 Å². The van der Waals surface area contributed by atoms with Crippen molar-refractivity contribution >= 4 is 17.7 Å². The summed E-state index contributed by atoms with van der Waals surface area (Å²) in [6.45, 7) is 0. The summed E-state index contributed by atoms with van der Waals surface area (Å²) in [6, 6.07) is 4.30. The number of hydrogen-bond acceptors (Lipinski definition) is 2. The van der Waals surface area contributed by atoms with Crippen LogP contribution in [0.25, 0.3) is 6.08 Å². The summed E-state index contributed by atoms with van der Waals surface area (Å²) in [7, 11) is 0. The molecule has 4 N–H and O–H groups in total. The molecule has 0 aromatic heterocycles. The highest BCUT2D eigenvalue weighted by molar-refractivity contribution is 5.91. The normalized spacial score (nSPS) is 10.5. The van der Waals surface area contributed by atoms with E-state index in [4.69, 9.17) is 11.5 Å². The molecule has 1 aromatic carbocycles. The first-order valence-corrected chi connectivity index (χ1v) is 3.63. The Morgan fingerprint density at radius 3 is 2.69 bits per heavy atom. The van der Waals surface area contributed by atoms with Crippen LogP contribution in [0.5, 0.6) is 0 Å². The topological polar surface area (TPSA) is 69.1 Å². The fraction of sp³-hybridized carbons (Fsp3) is 0. The molecule has 0 aliphatic rings. The van der Waals surface area contributed by atoms with Crippen LogP contribution in [0, 0.1) is 5.82 Å². The molecule has 0 saturated carbocycles. The van der Waals surface area contributed by atoms with Crippen LogP contribution < -0.4 is 11.5 Å². The minimum Gasteiger partial charge on any atom is -0.398 e. The number of halogens is 1. The van der Waals surface area contributed by atoms with Gasteiger partial charge >= 0.3 is 0 Å². The lowest BCUT2D eigenvalue weighted by Crippen LogP contribution is -2.05. The third kappa shape index (κ3) is 2.30. The molecule has 0 fully saturated rings. The summed E-state index contributed by atoms with van der Waals surface area (Å²) < 4.78 is 13.0. The third-order valence-corrected chi connectivity index (χ3v) is 1.50. The zero-order valence-corrected chi connectivity index (χ0v) is 6.83. The van der Waals surface area contributed by atoms with E-state index in [9.17, 15) is 9.18 Å². The summed E-state index contributed by atoms with van der Waals surface area (Å²) in [5.74, 6) is -1.11. The Labute approximate surface area is 74.8 Å². The van der Waals surface area contributed by atoms with Gasteiger partial charge in [0.05, 0.1) is 0 Å². The Morgan fingerprint density at radius 1 is 1.46 bits per heavy atom. The number of nitrogens with two attached hydrogens (primary N) is 2. The van der Waals surface area contributed by atoms with Crippen molar-refractivity contribution in [1.82, 2.24) is 0 Å². The first-order chi connectivity index (χ1) is 6.11. The monoisotopic (exact) mass is 180 g/mol. The van der Waals surface area contributed by atoms with Crippen molar-refractivity contribution in [3.05, 3.63) is 35.7 Å². The molecular formula is C9H9FN2O. The van der Waals surface area contributed by atoms with Crippen LogP contribution in [-0.4, -0.2) is 5.91 Å². The van der Waals surface area contributed by atoms with E-state index in [0.717, 1.165) is 6.08 Å². The first kappa shape index (κ1) is 9.25. The third-order valence-electron chi connectivity index (χ3n) is 1.50. The van der Waals surface area contributed by atoms with Crippen LogP contribution >= 0.6 is 0 Å². The molecule has 0 saturated heterocycles. The number of primary amides is 1. The first-order valence-electron chi connectivity index (χ1n) is 3.63. The lowest BCUT2D eigenvalue weighted by atomic mass is 10.1. The van der Waals surface area contributed by atoms with Gasteiger partial charge in [-0.15, -0.1) is 0 Å². The molecule has 0 aliphatic heterocycles. The zero-order chi connectivity index (χ0) is 9.84. The molecule has 0 atom stereocenters. The average molecular weight is 180 g/mol. The predicted octanol–water partition coefficient (Wildman–Crippen LogP) is 0.906. The van der Waals surface area contributed by atoms with Gasteiger partial charge in [0.2, 0.25) is 5.91 Å². The number of benzene rings is 1. The van der Waals surface area contributed by atoms with E-state index in [1.165, 1.54) is 18.2 Å². The maximum atomic E-state index is 13.0. The highest BCUT2D eigenvalue weighted by atomic mass is 19.1. The molecule has 4 heteroatoms. The standard InChI is InChI=1S/C9H9FN2O/c10-7-2-1-3-8(11)6(7)4-5-9(12)13/h1-5H,11H2,(H2,12,13). The van der Waals surface area contributed by atoms with E-state index in [0.29, 0.717) is 0 Å². The van der Waals surface area contributed by atoms with Gasteiger partial charge in [-0.2, -0.15) is 0 Å². The van der Waals surface area contributed by atoms with Gasteiger partial charge in [0.1, 0.15) is 5.82 Å². The van der Waals surface area contributed by atoms with Crippen molar-refractivity contribution in [2.24, 2.45) is 5.73 Å². The van der Waals surface area contributed by atoms with Gasteiger partial charge in [0, 0.05) is 17.3 Å². The van der Waals surface area contributed by atoms with Crippen molar-refractivity contribution < 1.29 is 9.18 Å². The number of nitrogen functional groups attached to an aromatic ring is 1. The molecule has 0 aliphatic carbocycles. The number of rotatable bonds is 2. The van der Waals surface area contributed by atoms with Gasteiger partial charge < -0.3 is 11.5 Å². The van der Waals surface area contributed by atoms with E-state index in [1.807, 2.05) is 0 Å². The molecule has 3 nitrogen and oxygen atoms in total. The van der Waals surface area contributed by atoms with Crippen LogP contribution in [0.4, 0.5) is 10.1 Å². The fourth-order valence-electron chi connectivity index (χ4n) is 0.895. The van der Waals surface area contributed by atoms with Crippen molar-refractivity contribution in [2.45, 2.75) is 0 Å². The lowest BCUT2D eigenvalue weighted by molar-refractivity contribution is -0.113. The van der Waals surface area contributed by atoms with Crippen LogP contribution in [0.15, 0.2) is 24.3 Å². The number of hydrogen-bond donors (Lipinski definition) is 2. The minimum absolute atomic E-state index is 0.182. The largest absolute Gasteiger partial charge is 0.398 e. The van der Waals surface area contributed by atoms with E-state index in [-0.39, 0.29) is 11.3 Å². The Kier molecular flexibility index (Phi) is 2.64. The molecule has 1 aromatic rings. The summed E-state index contributed by atoms with van der Waals surface area (Å²) in [5, 5.41) is 0. The van der Waals surface area contributed by atoms with Gasteiger partial charge in [0.15, 0.2) is 0 Å². The fourth-order valence-corrected chi connectivity index (χ4v) is 0.895. The maximum absolute atomic E-state index is 13.0. The number of carbonyl (C=O) groups is 1. The van der Waals surface area contributed by atoms with E-state index < -0.39 is 11.7 Å². The molecule has 0 radical (unpaired) electrons. The van der Waals surface area contributed by atoms with Gasteiger partial charge in [0.25, 0.3) is 0 Å². The van der Waals surface area contributed by atoms with Crippen molar-refractivity contribution in [3.63, 3.8) is 0 Å². The molecule has 1 rings (SSSR count). The second-order valence-corrected chi connectivity index (χ2v) is 2.48. The number of amides is 1. The van der Waals surface area contributed by atoms with Crippen molar-refractivity contribution in [3.8, 4) is 0 Å². The number of carbonyl (C=O) groups excluding carboxylic acids is 1. The van der Waals surface area contributed by atoms with Gasteiger partial charge in [-0.25, -0.2) is 4.39 Å². The predicted molar refractivity (Wildman–Crippen MR) is 49.0 cm³/mol. The molecular weight excluding hydrogens is 171 g/mol. The maximum Gasteiger partial charge on any atom is 0.241 e. The SMILES string of the molecule is NC(=O)C=Cc1c(N)cccc1F. The molecule has 68 valence electrons. The van der Waals surface area contributed by atoms with Crippen molar-refractivity contribution in [2.75, 3.05) is 5.73 Å².